The summed E-state index contributed by atoms with van der Waals surface area (Å²) < 4.78 is 6.70. The fourth-order valence-electron chi connectivity index (χ4n) is 1.85. The first-order valence-corrected chi connectivity index (χ1v) is 6.95. The molecule has 1 aromatic carbocycles. The van der Waals surface area contributed by atoms with Crippen LogP contribution in [-0.2, 0) is 13.0 Å². The van der Waals surface area contributed by atoms with Crippen LogP contribution in [0.2, 0.25) is 0 Å². The SMILES string of the molecule is NCCc1nnc(NCc2ccc3sccc3c2)o1. The highest BCUT2D eigenvalue weighted by molar-refractivity contribution is 7.17. The Morgan fingerprint density at radius 1 is 1.26 bits per heavy atom. The standard InChI is InChI=1S/C13H14N4OS/c14-5-3-12-16-17-13(18-12)15-8-9-1-2-11-10(7-9)4-6-19-11/h1-2,4,6-7H,3,5,8,14H2,(H,15,17). The number of anilines is 1. The molecule has 0 bridgehead atoms. The van der Waals surface area contributed by atoms with Gasteiger partial charge in [-0.25, -0.2) is 0 Å². The summed E-state index contributed by atoms with van der Waals surface area (Å²) in [6.45, 7) is 1.17. The van der Waals surface area contributed by atoms with E-state index in [-0.39, 0.29) is 0 Å². The second-order valence-electron chi connectivity index (χ2n) is 4.19. The van der Waals surface area contributed by atoms with Crippen molar-refractivity contribution in [3.8, 4) is 0 Å². The van der Waals surface area contributed by atoms with Crippen LogP contribution in [0.4, 0.5) is 6.01 Å². The van der Waals surface area contributed by atoms with Gasteiger partial charge in [0.15, 0.2) is 0 Å². The van der Waals surface area contributed by atoms with E-state index in [1.54, 1.807) is 11.3 Å². The summed E-state index contributed by atoms with van der Waals surface area (Å²) in [7, 11) is 0. The molecule has 2 aromatic heterocycles. The van der Waals surface area contributed by atoms with Crippen molar-refractivity contribution in [3.63, 3.8) is 0 Å². The van der Waals surface area contributed by atoms with Gasteiger partial charge in [0, 0.05) is 24.2 Å². The largest absolute Gasteiger partial charge is 0.408 e. The Kier molecular flexibility index (Phi) is 3.43. The predicted molar refractivity (Wildman–Crippen MR) is 76.2 cm³/mol. The first-order chi connectivity index (χ1) is 9.35. The highest BCUT2D eigenvalue weighted by atomic mass is 32.1. The molecule has 3 aromatic rings. The van der Waals surface area contributed by atoms with Gasteiger partial charge in [-0.2, -0.15) is 0 Å². The zero-order valence-corrected chi connectivity index (χ0v) is 11.1. The van der Waals surface area contributed by atoms with Crippen molar-refractivity contribution in [2.75, 3.05) is 11.9 Å². The Balaban J connectivity index is 1.67. The van der Waals surface area contributed by atoms with Gasteiger partial charge in [0.2, 0.25) is 5.89 Å². The van der Waals surface area contributed by atoms with Crippen LogP contribution in [0.5, 0.6) is 0 Å². The van der Waals surface area contributed by atoms with E-state index in [4.69, 9.17) is 10.2 Å². The van der Waals surface area contributed by atoms with Gasteiger partial charge in [-0.1, -0.05) is 11.2 Å². The van der Waals surface area contributed by atoms with Crippen molar-refractivity contribution in [3.05, 3.63) is 41.1 Å². The maximum Gasteiger partial charge on any atom is 0.315 e. The van der Waals surface area contributed by atoms with E-state index in [2.05, 4.69) is 45.2 Å². The summed E-state index contributed by atoms with van der Waals surface area (Å²) in [5.41, 5.74) is 6.61. The summed E-state index contributed by atoms with van der Waals surface area (Å²) >= 11 is 1.75. The molecule has 0 saturated carbocycles. The minimum Gasteiger partial charge on any atom is -0.408 e. The smallest absolute Gasteiger partial charge is 0.315 e. The number of hydrogen-bond acceptors (Lipinski definition) is 6. The summed E-state index contributed by atoms with van der Waals surface area (Å²) in [5.74, 6) is 0.568. The lowest BCUT2D eigenvalue weighted by molar-refractivity contribution is 0.505. The van der Waals surface area contributed by atoms with Gasteiger partial charge in [-0.05, 0) is 34.5 Å². The first kappa shape index (κ1) is 12.1. The fraction of sp³-hybridized carbons (Fsp3) is 0.231. The Bertz CT molecular complexity index is 676. The average Bonchev–Trinajstić information content (AvgIpc) is 3.04. The molecule has 2 heterocycles. The zero-order chi connectivity index (χ0) is 13.1. The molecule has 5 nitrogen and oxygen atoms in total. The Hall–Kier alpha value is -1.92. The van der Waals surface area contributed by atoms with Crippen molar-refractivity contribution in [2.24, 2.45) is 5.73 Å². The van der Waals surface area contributed by atoms with Crippen LogP contribution in [-0.4, -0.2) is 16.7 Å². The Morgan fingerprint density at radius 2 is 2.21 bits per heavy atom. The number of thiophene rings is 1. The topological polar surface area (TPSA) is 77.0 Å². The van der Waals surface area contributed by atoms with Gasteiger partial charge in [-0.3, -0.25) is 0 Å². The van der Waals surface area contributed by atoms with Crippen LogP contribution in [0.3, 0.4) is 0 Å². The highest BCUT2D eigenvalue weighted by Crippen LogP contribution is 2.22. The van der Waals surface area contributed by atoms with Gasteiger partial charge in [-0.15, -0.1) is 16.4 Å². The average molecular weight is 274 g/mol. The lowest BCUT2D eigenvalue weighted by Gasteiger charge is -2.01. The van der Waals surface area contributed by atoms with E-state index in [0.717, 1.165) is 0 Å². The van der Waals surface area contributed by atoms with Gasteiger partial charge >= 0.3 is 6.01 Å². The van der Waals surface area contributed by atoms with Crippen molar-refractivity contribution in [1.82, 2.24) is 10.2 Å². The summed E-state index contributed by atoms with van der Waals surface area (Å²) in [6, 6.07) is 8.95. The highest BCUT2D eigenvalue weighted by Gasteiger charge is 2.05. The van der Waals surface area contributed by atoms with E-state index in [0.29, 0.717) is 31.4 Å². The molecule has 0 saturated heterocycles. The normalized spacial score (nSPS) is 11.0. The van der Waals surface area contributed by atoms with Crippen LogP contribution in [0.1, 0.15) is 11.5 Å². The maximum atomic E-state index is 5.43. The molecule has 19 heavy (non-hydrogen) atoms. The fourth-order valence-corrected chi connectivity index (χ4v) is 2.62. The van der Waals surface area contributed by atoms with Crippen LogP contribution < -0.4 is 11.1 Å². The first-order valence-electron chi connectivity index (χ1n) is 6.07. The lowest BCUT2D eigenvalue weighted by Crippen LogP contribution is -2.02. The third kappa shape index (κ3) is 2.74. The molecule has 0 unspecified atom stereocenters. The summed E-state index contributed by atoms with van der Waals surface area (Å²) in [6.07, 6.45) is 0.607. The third-order valence-electron chi connectivity index (χ3n) is 2.79. The predicted octanol–water partition coefficient (Wildman–Crippen LogP) is 2.40. The van der Waals surface area contributed by atoms with Gasteiger partial charge < -0.3 is 15.5 Å². The number of hydrogen-bond donors (Lipinski definition) is 2. The monoisotopic (exact) mass is 274 g/mol. The molecule has 98 valence electrons. The van der Waals surface area contributed by atoms with E-state index < -0.39 is 0 Å². The maximum absolute atomic E-state index is 5.43. The van der Waals surface area contributed by atoms with E-state index in [1.165, 1.54) is 15.6 Å². The van der Waals surface area contributed by atoms with E-state index >= 15 is 0 Å². The number of fused-ring (bicyclic) bond motifs is 1. The van der Waals surface area contributed by atoms with Crippen LogP contribution in [0, 0.1) is 0 Å². The van der Waals surface area contributed by atoms with Crippen molar-refractivity contribution < 1.29 is 4.42 Å². The molecule has 3 rings (SSSR count). The lowest BCUT2D eigenvalue weighted by atomic mass is 10.2. The molecule has 6 heteroatoms. The number of nitrogens with zero attached hydrogens (tertiary/aromatic N) is 2. The second-order valence-corrected chi connectivity index (χ2v) is 5.13. The molecule has 0 radical (unpaired) electrons. The van der Waals surface area contributed by atoms with Crippen LogP contribution in [0.15, 0.2) is 34.1 Å². The van der Waals surface area contributed by atoms with Crippen molar-refractivity contribution in [2.45, 2.75) is 13.0 Å². The molecular formula is C13H14N4OS. The third-order valence-corrected chi connectivity index (χ3v) is 3.68. The van der Waals surface area contributed by atoms with Crippen molar-refractivity contribution >= 4 is 27.4 Å². The van der Waals surface area contributed by atoms with Gasteiger partial charge in [0.25, 0.3) is 0 Å². The van der Waals surface area contributed by atoms with Crippen LogP contribution in [0.25, 0.3) is 10.1 Å². The molecule has 0 aliphatic rings. The van der Waals surface area contributed by atoms with Gasteiger partial charge in [0.1, 0.15) is 0 Å². The Labute approximate surface area is 114 Å². The molecule has 0 atom stereocenters. The van der Waals surface area contributed by atoms with E-state index in [1.807, 2.05) is 0 Å². The Morgan fingerprint density at radius 3 is 3.11 bits per heavy atom. The van der Waals surface area contributed by atoms with E-state index in [9.17, 15) is 0 Å². The molecule has 0 aliphatic carbocycles. The quantitative estimate of drug-likeness (QED) is 0.747. The summed E-state index contributed by atoms with van der Waals surface area (Å²) in [4.78, 5) is 0. The number of nitrogens with two attached hydrogens (primary N) is 1. The second kappa shape index (κ2) is 5.38. The zero-order valence-electron chi connectivity index (χ0n) is 10.3. The van der Waals surface area contributed by atoms with Gasteiger partial charge in [0.05, 0.1) is 0 Å². The molecule has 0 fully saturated rings. The molecule has 0 spiro atoms. The molecule has 0 aliphatic heterocycles. The number of benzene rings is 1. The van der Waals surface area contributed by atoms with Crippen LogP contribution >= 0.6 is 11.3 Å². The minimum absolute atomic E-state index is 0.439. The molecular weight excluding hydrogens is 260 g/mol. The number of rotatable bonds is 5. The number of aromatic nitrogens is 2. The molecule has 3 N–H and O–H groups in total. The van der Waals surface area contributed by atoms with Crippen molar-refractivity contribution in [1.29, 1.82) is 0 Å². The summed E-state index contributed by atoms with van der Waals surface area (Å²) in [5, 5.41) is 14.3. The minimum atomic E-state index is 0.439. The molecule has 0 amide bonds. The number of nitrogens with one attached hydrogen (secondary N) is 1.